The molecule has 6 heteroatoms. The lowest BCUT2D eigenvalue weighted by Crippen LogP contribution is -2.28. The number of aliphatic hydroxyl groups is 1. The van der Waals surface area contributed by atoms with Crippen molar-refractivity contribution in [3.05, 3.63) is 41.0 Å². The van der Waals surface area contributed by atoms with Crippen LogP contribution in [0.2, 0.25) is 5.02 Å². The molecule has 5 nitrogen and oxygen atoms in total. The first kappa shape index (κ1) is 15.1. The molecule has 3 rings (SSSR count). The van der Waals surface area contributed by atoms with Crippen molar-refractivity contribution in [2.75, 3.05) is 5.32 Å². The molecule has 116 valence electrons. The molecular weight excluding hydrogens is 302 g/mol. The van der Waals surface area contributed by atoms with Crippen LogP contribution < -0.4 is 5.32 Å². The fraction of sp³-hybridized carbons (Fsp3) is 0.375. The van der Waals surface area contributed by atoms with Crippen molar-refractivity contribution in [3.63, 3.8) is 0 Å². The van der Waals surface area contributed by atoms with Crippen LogP contribution in [-0.2, 0) is 4.79 Å². The number of hydrogen-bond acceptors (Lipinski definition) is 3. The summed E-state index contributed by atoms with van der Waals surface area (Å²) in [6.45, 7) is 1.91. The summed E-state index contributed by atoms with van der Waals surface area (Å²) in [5.41, 5.74) is 1.73. The SMILES string of the molecule is Cc1cc(NC(=O)C2CCCC2O)nn1-c1cccc(Cl)c1. The van der Waals surface area contributed by atoms with E-state index in [1.165, 1.54) is 0 Å². The number of halogens is 1. The van der Waals surface area contributed by atoms with Gasteiger partial charge in [0.2, 0.25) is 5.91 Å². The van der Waals surface area contributed by atoms with Gasteiger partial charge in [0, 0.05) is 16.8 Å². The maximum Gasteiger partial charge on any atom is 0.231 e. The number of anilines is 1. The molecule has 1 aromatic heterocycles. The van der Waals surface area contributed by atoms with E-state index in [0.29, 0.717) is 17.3 Å². The van der Waals surface area contributed by atoms with Gasteiger partial charge >= 0.3 is 0 Å². The van der Waals surface area contributed by atoms with Crippen LogP contribution in [0.1, 0.15) is 25.0 Å². The van der Waals surface area contributed by atoms with Gasteiger partial charge in [-0.2, -0.15) is 0 Å². The fourth-order valence-corrected chi connectivity index (χ4v) is 3.05. The molecule has 2 aromatic rings. The molecule has 1 saturated carbocycles. The summed E-state index contributed by atoms with van der Waals surface area (Å²) in [7, 11) is 0. The lowest BCUT2D eigenvalue weighted by molar-refractivity contribution is -0.122. The molecule has 1 heterocycles. The molecule has 0 bridgehead atoms. The number of nitrogens with one attached hydrogen (secondary N) is 1. The normalized spacial score (nSPS) is 21.0. The van der Waals surface area contributed by atoms with E-state index >= 15 is 0 Å². The van der Waals surface area contributed by atoms with Gasteiger partial charge in [0.25, 0.3) is 0 Å². The summed E-state index contributed by atoms with van der Waals surface area (Å²) < 4.78 is 1.73. The fourth-order valence-electron chi connectivity index (χ4n) is 2.87. The number of aryl methyl sites for hydroxylation is 1. The number of aliphatic hydroxyl groups excluding tert-OH is 1. The van der Waals surface area contributed by atoms with Gasteiger partial charge in [-0.1, -0.05) is 17.7 Å². The highest BCUT2D eigenvalue weighted by Crippen LogP contribution is 2.27. The summed E-state index contributed by atoms with van der Waals surface area (Å²) in [6, 6.07) is 9.17. The Bertz CT molecular complexity index is 698. The van der Waals surface area contributed by atoms with Gasteiger partial charge in [-0.3, -0.25) is 4.79 Å². The second-order valence-corrected chi connectivity index (χ2v) is 6.09. The predicted molar refractivity (Wildman–Crippen MR) is 85.3 cm³/mol. The molecule has 0 aliphatic heterocycles. The lowest BCUT2D eigenvalue weighted by Gasteiger charge is -2.12. The molecule has 1 aromatic carbocycles. The summed E-state index contributed by atoms with van der Waals surface area (Å²) in [4.78, 5) is 12.2. The minimum absolute atomic E-state index is 0.166. The van der Waals surface area contributed by atoms with Crippen LogP contribution in [0.4, 0.5) is 5.82 Å². The molecular formula is C16H18ClN3O2. The number of amides is 1. The van der Waals surface area contributed by atoms with Crippen molar-refractivity contribution in [1.82, 2.24) is 9.78 Å². The molecule has 1 amide bonds. The van der Waals surface area contributed by atoms with E-state index in [9.17, 15) is 9.90 Å². The minimum atomic E-state index is -0.545. The molecule has 0 radical (unpaired) electrons. The standard InChI is InChI=1S/C16H18ClN3O2/c1-10-8-15(18-16(22)13-6-3-7-14(13)21)19-20(10)12-5-2-4-11(17)9-12/h2,4-5,8-9,13-14,21H,3,6-7H2,1H3,(H,18,19,22). The molecule has 1 fully saturated rings. The Morgan fingerprint density at radius 3 is 2.91 bits per heavy atom. The predicted octanol–water partition coefficient (Wildman–Crippen LogP) is 2.93. The first-order valence-electron chi connectivity index (χ1n) is 7.36. The van der Waals surface area contributed by atoms with Crippen LogP contribution in [0.3, 0.4) is 0 Å². The van der Waals surface area contributed by atoms with Crippen LogP contribution in [-0.4, -0.2) is 26.9 Å². The van der Waals surface area contributed by atoms with Gasteiger partial charge < -0.3 is 10.4 Å². The second kappa shape index (κ2) is 6.10. The Labute approximate surface area is 133 Å². The number of carbonyl (C=O) groups is 1. The van der Waals surface area contributed by atoms with Gasteiger partial charge in [0.15, 0.2) is 5.82 Å². The van der Waals surface area contributed by atoms with Crippen molar-refractivity contribution in [2.45, 2.75) is 32.3 Å². The molecule has 2 N–H and O–H groups in total. The zero-order valence-corrected chi connectivity index (χ0v) is 13.0. The van der Waals surface area contributed by atoms with E-state index in [4.69, 9.17) is 11.6 Å². The largest absolute Gasteiger partial charge is 0.392 e. The third kappa shape index (κ3) is 3.00. The van der Waals surface area contributed by atoms with E-state index in [2.05, 4.69) is 10.4 Å². The van der Waals surface area contributed by atoms with Gasteiger partial charge in [-0.25, -0.2) is 4.68 Å². The van der Waals surface area contributed by atoms with Crippen molar-refractivity contribution < 1.29 is 9.90 Å². The highest BCUT2D eigenvalue weighted by Gasteiger charge is 2.31. The second-order valence-electron chi connectivity index (χ2n) is 5.66. The van der Waals surface area contributed by atoms with E-state index in [-0.39, 0.29) is 11.8 Å². The lowest BCUT2D eigenvalue weighted by atomic mass is 10.1. The molecule has 0 spiro atoms. The zero-order valence-electron chi connectivity index (χ0n) is 12.3. The number of carbonyl (C=O) groups excluding carboxylic acids is 1. The Morgan fingerprint density at radius 2 is 2.23 bits per heavy atom. The number of aromatic nitrogens is 2. The molecule has 1 aliphatic carbocycles. The Kier molecular flexibility index (Phi) is 4.18. The summed E-state index contributed by atoms with van der Waals surface area (Å²) in [5, 5.41) is 17.6. The third-order valence-corrected chi connectivity index (χ3v) is 4.24. The highest BCUT2D eigenvalue weighted by atomic mass is 35.5. The maximum absolute atomic E-state index is 12.2. The summed E-state index contributed by atoms with van der Waals surface area (Å²) in [6.07, 6.45) is 1.75. The smallest absolute Gasteiger partial charge is 0.231 e. The van der Waals surface area contributed by atoms with Gasteiger partial charge in [-0.15, -0.1) is 5.10 Å². The maximum atomic E-state index is 12.2. The van der Waals surface area contributed by atoms with Crippen molar-refractivity contribution in [3.8, 4) is 5.69 Å². The topological polar surface area (TPSA) is 67.2 Å². The van der Waals surface area contributed by atoms with E-state index < -0.39 is 6.10 Å². The molecule has 1 aliphatic rings. The quantitative estimate of drug-likeness (QED) is 0.914. The summed E-state index contributed by atoms with van der Waals surface area (Å²) in [5.74, 6) is -0.0149. The van der Waals surface area contributed by atoms with Gasteiger partial charge in [0.1, 0.15) is 0 Å². The highest BCUT2D eigenvalue weighted by molar-refractivity contribution is 6.30. The van der Waals surface area contributed by atoms with Crippen LogP contribution in [0, 0.1) is 12.8 Å². The van der Waals surface area contributed by atoms with Crippen molar-refractivity contribution in [2.24, 2.45) is 5.92 Å². The first-order valence-corrected chi connectivity index (χ1v) is 7.74. The average molecular weight is 320 g/mol. The van der Waals surface area contributed by atoms with Crippen LogP contribution in [0.5, 0.6) is 0 Å². The van der Waals surface area contributed by atoms with Crippen LogP contribution in [0.15, 0.2) is 30.3 Å². The average Bonchev–Trinajstić information content (AvgIpc) is 3.05. The number of rotatable bonds is 3. The Balaban J connectivity index is 1.79. The van der Waals surface area contributed by atoms with E-state index in [1.54, 1.807) is 16.8 Å². The van der Waals surface area contributed by atoms with Gasteiger partial charge in [-0.05, 0) is 44.4 Å². The monoisotopic (exact) mass is 319 g/mol. The first-order chi connectivity index (χ1) is 10.5. The van der Waals surface area contributed by atoms with E-state index in [0.717, 1.165) is 24.2 Å². The number of hydrogen-bond donors (Lipinski definition) is 2. The Hall–Kier alpha value is -1.85. The Morgan fingerprint density at radius 1 is 1.41 bits per heavy atom. The number of benzene rings is 1. The molecule has 22 heavy (non-hydrogen) atoms. The summed E-state index contributed by atoms with van der Waals surface area (Å²) >= 11 is 6.00. The third-order valence-electron chi connectivity index (χ3n) is 4.01. The van der Waals surface area contributed by atoms with Crippen molar-refractivity contribution in [1.29, 1.82) is 0 Å². The van der Waals surface area contributed by atoms with E-state index in [1.807, 2.05) is 25.1 Å². The zero-order chi connectivity index (χ0) is 15.7. The molecule has 0 saturated heterocycles. The van der Waals surface area contributed by atoms with Crippen molar-refractivity contribution >= 4 is 23.3 Å². The van der Waals surface area contributed by atoms with Crippen LogP contribution >= 0.6 is 11.6 Å². The van der Waals surface area contributed by atoms with Crippen LogP contribution in [0.25, 0.3) is 5.69 Å². The molecule has 2 atom stereocenters. The molecule has 2 unspecified atom stereocenters. The minimum Gasteiger partial charge on any atom is -0.392 e. The number of nitrogens with zero attached hydrogens (tertiary/aromatic N) is 2. The van der Waals surface area contributed by atoms with Gasteiger partial charge in [0.05, 0.1) is 17.7 Å².